The van der Waals surface area contributed by atoms with Crippen LogP contribution in [0.2, 0.25) is 0 Å². The van der Waals surface area contributed by atoms with Gasteiger partial charge in [-0.05, 0) is 12.1 Å². The van der Waals surface area contributed by atoms with Crippen molar-refractivity contribution < 1.29 is 28.8 Å². The smallest absolute Gasteiger partial charge is 0.271 e. The highest BCUT2D eigenvalue weighted by atomic mass is 16.5. The molecule has 3 rings (SSSR count). The Morgan fingerprint density at radius 2 is 1.96 bits per heavy atom. The number of ether oxygens (including phenoxy) is 4. The van der Waals surface area contributed by atoms with Crippen LogP contribution in [0.15, 0.2) is 24.3 Å². The lowest BCUT2D eigenvalue weighted by atomic mass is 10.3. The van der Waals surface area contributed by atoms with E-state index in [0.29, 0.717) is 37.8 Å². The Bertz CT molecular complexity index is 826. The van der Waals surface area contributed by atoms with Crippen molar-refractivity contribution >= 4 is 11.9 Å². The van der Waals surface area contributed by atoms with Crippen LogP contribution in [0.25, 0.3) is 0 Å². The first-order chi connectivity index (χ1) is 13.6. The summed E-state index contributed by atoms with van der Waals surface area (Å²) >= 11 is 0. The molecule has 1 aliphatic rings. The molecule has 150 valence electrons. The monoisotopic (exact) mass is 390 g/mol. The van der Waals surface area contributed by atoms with E-state index < -0.39 is 5.91 Å². The van der Waals surface area contributed by atoms with Crippen LogP contribution in [0.3, 0.4) is 0 Å². The van der Waals surface area contributed by atoms with E-state index in [1.165, 1.54) is 7.11 Å². The third kappa shape index (κ3) is 4.41. The highest BCUT2D eigenvalue weighted by Crippen LogP contribution is 2.38. The number of amides is 1. The van der Waals surface area contributed by atoms with Crippen LogP contribution >= 0.6 is 0 Å². The zero-order valence-electron chi connectivity index (χ0n) is 15.5. The number of anilines is 1. The second-order valence-corrected chi connectivity index (χ2v) is 5.80. The summed E-state index contributed by atoms with van der Waals surface area (Å²) in [6, 6.07) is 6.90. The van der Waals surface area contributed by atoms with Gasteiger partial charge in [-0.2, -0.15) is 4.98 Å². The fraction of sp³-hybridized carbons (Fsp3) is 0.389. The Kier molecular flexibility index (Phi) is 6.45. The summed E-state index contributed by atoms with van der Waals surface area (Å²) in [7, 11) is 1.50. The van der Waals surface area contributed by atoms with Gasteiger partial charge in [0.05, 0.1) is 26.9 Å². The molecule has 1 aromatic heterocycles. The number of aliphatic hydroxyl groups excluding tert-OH is 1. The minimum absolute atomic E-state index is 0.00486. The zero-order valence-corrected chi connectivity index (χ0v) is 15.5. The number of para-hydroxylation sites is 2. The lowest BCUT2D eigenvalue weighted by molar-refractivity contribution is 0.0991. The summed E-state index contributed by atoms with van der Waals surface area (Å²) in [4.78, 5) is 22.6. The molecule has 28 heavy (non-hydrogen) atoms. The summed E-state index contributed by atoms with van der Waals surface area (Å²) in [5.41, 5.74) is 5.42. The molecule has 3 N–H and O–H groups in total. The number of methoxy groups -OCH3 is 1. The van der Waals surface area contributed by atoms with E-state index in [2.05, 4.69) is 9.97 Å². The van der Waals surface area contributed by atoms with Crippen LogP contribution < -0.4 is 24.8 Å². The van der Waals surface area contributed by atoms with Crippen LogP contribution in [0.1, 0.15) is 10.5 Å². The lowest BCUT2D eigenvalue weighted by Gasteiger charge is -2.27. The number of aliphatic hydroxyl groups is 1. The largest absolute Gasteiger partial charge is 0.493 e. The number of nitrogens with zero attached hydrogens (tertiary/aromatic N) is 3. The number of carbonyl (C=O) groups is 1. The molecule has 1 amide bonds. The van der Waals surface area contributed by atoms with Crippen molar-refractivity contribution in [3.05, 3.63) is 30.0 Å². The molecule has 0 spiro atoms. The van der Waals surface area contributed by atoms with Gasteiger partial charge in [-0.25, -0.2) is 4.98 Å². The molecule has 0 aliphatic carbocycles. The van der Waals surface area contributed by atoms with Crippen molar-refractivity contribution in [1.29, 1.82) is 0 Å². The topological polar surface area (TPSA) is 129 Å². The number of rotatable bonds is 8. The third-order valence-electron chi connectivity index (χ3n) is 3.96. The average Bonchev–Trinajstić information content (AvgIpc) is 2.73. The normalized spacial score (nSPS) is 13.9. The lowest BCUT2D eigenvalue weighted by Crippen LogP contribution is -2.37. The molecule has 10 heteroatoms. The fourth-order valence-electron chi connectivity index (χ4n) is 2.64. The number of hydrogen-bond donors (Lipinski definition) is 2. The summed E-state index contributed by atoms with van der Waals surface area (Å²) < 4.78 is 22.0. The Hall–Kier alpha value is -3.11. The summed E-state index contributed by atoms with van der Waals surface area (Å²) in [5, 5.41) is 9.14. The van der Waals surface area contributed by atoms with E-state index >= 15 is 0 Å². The molecule has 1 fully saturated rings. The Balaban J connectivity index is 2.05. The molecule has 0 radical (unpaired) electrons. The van der Waals surface area contributed by atoms with Crippen molar-refractivity contribution in [1.82, 2.24) is 9.97 Å². The maximum atomic E-state index is 12.1. The third-order valence-corrected chi connectivity index (χ3v) is 3.96. The highest BCUT2D eigenvalue weighted by molar-refractivity contribution is 5.94. The molecule has 0 saturated carbocycles. The zero-order chi connectivity index (χ0) is 19.9. The predicted molar refractivity (Wildman–Crippen MR) is 99.2 cm³/mol. The first kappa shape index (κ1) is 19.6. The van der Waals surface area contributed by atoms with Crippen molar-refractivity contribution in [2.24, 2.45) is 5.73 Å². The van der Waals surface area contributed by atoms with Crippen molar-refractivity contribution in [2.45, 2.75) is 0 Å². The number of hydrogen-bond acceptors (Lipinski definition) is 9. The van der Waals surface area contributed by atoms with Gasteiger partial charge in [-0.1, -0.05) is 12.1 Å². The molecule has 2 aromatic rings. The second kappa shape index (κ2) is 9.20. The van der Waals surface area contributed by atoms with E-state index in [9.17, 15) is 4.79 Å². The predicted octanol–water partition coefficient (Wildman–Crippen LogP) is 0.584. The van der Waals surface area contributed by atoms with Gasteiger partial charge in [0.1, 0.15) is 6.61 Å². The summed E-state index contributed by atoms with van der Waals surface area (Å²) in [5.74, 6) is 0.230. The van der Waals surface area contributed by atoms with Gasteiger partial charge in [0.2, 0.25) is 11.7 Å². The molecule has 0 unspecified atom stereocenters. The quantitative estimate of drug-likeness (QED) is 0.665. The molecule has 0 bridgehead atoms. The maximum absolute atomic E-state index is 12.1. The average molecular weight is 390 g/mol. The van der Waals surface area contributed by atoms with Crippen LogP contribution in [0.5, 0.6) is 23.1 Å². The fourth-order valence-corrected chi connectivity index (χ4v) is 2.64. The van der Waals surface area contributed by atoms with Crippen molar-refractivity contribution in [3.8, 4) is 23.1 Å². The number of primary amides is 1. The van der Waals surface area contributed by atoms with Gasteiger partial charge in [-0.15, -0.1) is 0 Å². The summed E-state index contributed by atoms with van der Waals surface area (Å²) in [6.45, 7) is 1.87. The van der Waals surface area contributed by atoms with E-state index in [-0.39, 0.29) is 36.5 Å². The highest BCUT2D eigenvalue weighted by Gasteiger charge is 2.26. The van der Waals surface area contributed by atoms with Crippen LogP contribution in [-0.4, -0.2) is 67.6 Å². The van der Waals surface area contributed by atoms with Crippen molar-refractivity contribution in [3.63, 3.8) is 0 Å². The van der Waals surface area contributed by atoms with Crippen LogP contribution in [0.4, 0.5) is 5.95 Å². The van der Waals surface area contributed by atoms with Gasteiger partial charge in [0.15, 0.2) is 17.2 Å². The second-order valence-electron chi connectivity index (χ2n) is 5.80. The number of benzene rings is 1. The minimum atomic E-state index is -0.796. The molecular formula is C18H22N4O6. The number of morpholine rings is 1. The van der Waals surface area contributed by atoms with Gasteiger partial charge < -0.3 is 34.7 Å². The molecule has 0 atom stereocenters. The van der Waals surface area contributed by atoms with Crippen LogP contribution in [-0.2, 0) is 4.74 Å². The minimum Gasteiger partial charge on any atom is -0.493 e. The van der Waals surface area contributed by atoms with Gasteiger partial charge in [0.25, 0.3) is 11.8 Å². The van der Waals surface area contributed by atoms with E-state index in [0.717, 1.165) is 0 Å². The molecule has 10 nitrogen and oxygen atoms in total. The first-order valence-electron chi connectivity index (χ1n) is 8.73. The molecule has 1 aliphatic heterocycles. The number of nitrogens with two attached hydrogens (primary N) is 1. The Morgan fingerprint density at radius 1 is 1.25 bits per heavy atom. The van der Waals surface area contributed by atoms with Crippen molar-refractivity contribution in [2.75, 3.05) is 51.5 Å². The molecule has 1 saturated heterocycles. The molecular weight excluding hydrogens is 368 g/mol. The SMILES string of the molecule is COc1ccccc1Oc1c(OCCO)nc(N2CCOCC2)nc1C(N)=O. The van der Waals surface area contributed by atoms with E-state index in [1.807, 2.05) is 4.90 Å². The summed E-state index contributed by atoms with van der Waals surface area (Å²) in [6.07, 6.45) is 0. The number of aromatic nitrogens is 2. The Labute approximate surface area is 161 Å². The van der Waals surface area contributed by atoms with Gasteiger partial charge >= 0.3 is 0 Å². The first-order valence-corrected chi connectivity index (χ1v) is 8.73. The molecule has 1 aromatic carbocycles. The number of carbonyl (C=O) groups excluding carboxylic acids is 1. The van der Waals surface area contributed by atoms with E-state index in [4.69, 9.17) is 29.8 Å². The standard InChI is InChI=1S/C18H22N4O6/c1-25-12-4-2-3-5-13(12)28-15-14(16(19)24)20-18(21-17(15)27-11-8-23)22-6-9-26-10-7-22/h2-5,23H,6-11H2,1H3,(H2,19,24). The van der Waals surface area contributed by atoms with E-state index in [1.54, 1.807) is 24.3 Å². The maximum Gasteiger partial charge on any atom is 0.271 e. The van der Waals surface area contributed by atoms with Gasteiger partial charge in [-0.3, -0.25) is 4.79 Å². The van der Waals surface area contributed by atoms with Crippen LogP contribution in [0, 0.1) is 0 Å². The molecule has 2 heterocycles. The van der Waals surface area contributed by atoms with Gasteiger partial charge in [0, 0.05) is 13.1 Å². The Morgan fingerprint density at radius 3 is 2.61 bits per heavy atom.